The fourth-order valence-corrected chi connectivity index (χ4v) is 2.56. The minimum Gasteiger partial charge on any atom is -0.352 e. The molecule has 0 unspecified atom stereocenters. The van der Waals surface area contributed by atoms with Crippen LogP contribution in [0.5, 0.6) is 0 Å². The van der Waals surface area contributed by atoms with Crippen LogP contribution in [-0.4, -0.2) is 28.8 Å². The van der Waals surface area contributed by atoms with Crippen LogP contribution in [0.15, 0.2) is 18.2 Å². The Morgan fingerprint density at radius 1 is 1.17 bits per heavy atom. The van der Waals surface area contributed by atoms with Gasteiger partial charge in [-0.2, -0.15) is 0 Å². The van der Waals surface area contributed by atoms with Crippen LogP contribution in [-0.2, 0) is 16.1 Å². The van der Waals surface area contributed by atoms with E-state index in [4.69, 9.17) is 23.2 Å². The van der Waals surface area contributed by atoms with Crippen LogP contribution in [0.4, 0.5) is 0 Å². The van der Waals surface area contributed by atoms with Crippen molar-refractivity contribution in [3.05, 3.63) is 33.8 Å². The van der Waals surface area contributed by atoms with Crippen LogP contribution in [0.3, 0.4) is 0 Å². The first-order chi connectivity index (χ1) is 11.3. The number of carbonyl (C=O) groups excluding carboxylic acids is 2. The first-order valence-electron chi connectivity index (χ1n) is 8.33. The van der Waals surface area contributed by atoms with Crippen LogP contribution in [0, 0.1) is 0 Å². The zero-order valence-corrected chi connectivity index (χ0v) is 16.2. The number of benzene rings is 1. The highest BCUT2D eigenvalue weighted by molar-refractivity contribution is 6.42. The number of carbonyl (C=O) groups is 2. The van der Waals surface area contributed by atoms with Gasteiger partial charge in [0.25, 0.3) is 0 Å². The Hall–Kier alpha value is -1.26. The van der Waals surface area contributed by atoms with Gasteiger partial charge in [-0.3, -0.25) is 9.59 Å². The second-order valence-corrected chi connectivity index (χ2v) is 6.83. The summed E-state index contributed by atoms with van der Waals surface area (Å²) in [7, 11) is 0. The predicted octanol–water partition coefficient (Wildman–Crippen LogP) is 4.43. The Morgan fingerprint density at radius 3 is 2.38 bits per heavy atom. The molecule has 0 aliphatic heterocycles. The van der Waals surface area contributed by atoms with E-state index in [0.717, 1.165) is 18.4 Å². The van der Waals surface area contributed by atoms with Gasteiger partial charge in [-0.1, -0.05) is 43.1 Å². The van der Waals surface area contributed by atoms with E-state index in [1.807, 2.05) is 26.8 Å². The normalized spacial score (nSPS) is 13.2. The number of amides is 2. The van der Waals surface area contributed by atoms with Crippen LogP contribution in [0.1, 0.15) is 52.5 Å². The molecular weight excluding hydrogens is 347 g/mol. The standard InChI is InChI=1S/C18H26Cl2N2O2/c1-5-7-17(23)22(13(4)18(24)21-12(3)6-2)11-14-8-9-15(19)16(20)10-14/h8-10,12-13H,5-7,11H2,1-4H3,(H,21,24)/t12-,13-/m1/s1. The summed E-state index contributed by atoms with van der Waals surface area (Å²) < 4.78 is 0. The minimum atomic E-state index is -0.549. The molecule has 0 aliphatic rings. The van der Waals surface area contributed by atoms with Crippen molar-refractivity contribution >= 4 is 35.0 Å². The molecule has 0 saturated heterocycles. The van der Waals surface area contributed by atoms with E-state index in [9.17, 15) is 9.59 Å². The smallest absolute Gasteiger partial charge is 0.242 e. The van der Waals surface area contributed by atoms with Crippen molar-refractivity contribution in [2.45, 2.75) is 65.6 Å². The van der Waals surface area contributed by atoms with E-state index in [-0.39, 0.29) is 17.9 Å². The zero-order chi connectivity index (χ0) is 18.3. The molecule has 1 rings (SSSR count). The zero-order valence-electron chi connectivity index (χ0n) is 14.7. The molecule has 0 spiro atoms. The van der Waals surface area contributed by atoms with E-state index in [2.05, 4.69) is 5.32 Å². The van der Waals surface area contributed by atoms with Crippen molar-refractivity contribution in [1.82, 2.24) is 10.2 Å². The summed E-state index contributed by atoms with van der Waals surface area (Å²) in [5.74, 6) is -0.191. The molecule has 2 atom stereocenters. The number of hydrogen-bond donors (Lipinski definition) is 1. The van der Waals surface area contributed by atoms with Gasteiger partial charge in [0.2, 0.25) is 11.8 Å². The molecule has 134 valence electrons. The molecule has 1 aromatic carbocycles. The lowest BCUT2D eigenvalue weighted by molar-refractivity contribution is -0.140. The molecule has 1 N–H and O–H groups in total. The SMILES string of the molecule is CCCC(=O)N(Cc1ccc(Cl)c(Cl)c1)[C@H](C)C(=O)N[C@H](C)CC. The summed E-state index contributed by atoms with van der Waals surface area (Å²) >= 11 is 12.0. The molecule has 0 fully saturated rings. The minimum absolute atomic E-state index is 0.0460. The lowest BCUT2D eigenvalue weighted by atomic mass is 10.1. The van der Waals surface area contributed by atoms with E-state index in [1.54, 1.807) is 24.0 Å². The topological polar surface area (TPSA) is 49.4 Å². The summed E-state index contributed by atoms with van der Waals surface area (Å²) in [6.45, 7) is 7.97. The summed E-state index contributed by atoms with van der Waals surface area (Å²) in [6, 6.07) is 4.78. The number of rotatable bonds is 8. The fraction of sp³-hybridized carbons (Fsp3) is 0.556. The highest BCUT2D eigenvalue weighted by Crippen LogP contribution is 2.24. The summed E-state index contributed by atoms with van der Waals surface area (Å²) in [5, 5.41) is 3.84. The Balaban J connectivity index is 2.96. The van der Waals surface area contributed by atoms with E-state index in [0.29, 0.717) is 23.0 Å². The Morgan fingerprint density at radius 2 is 1.83 bits per heavy atom. The van der Waals surface area contributed by atoms with Crippen molar-refractivity contribution in [2.75, 3.05) is 0 Å². The molecule has 0 radical (unpaired) electrons. The average Bonchev–Trinajstić information content (AvgIpc) is 2.55. The van der Waals surface area contributed by atoms with E-state index < -0.39 is 6.04 Å². The number of nitrogens with zero attached hydrogens (tertiary/aromatic N) is 1. The highest BCUT2D eigenvalue weighted by atomic mass is 35.5. The Kier molecular flexibility index (Phi) is 8.57. The molecule has 0 aliphatic carbocycles. The maximum atomic E-state index is 12.5. The van der Waals surface area contributed by atoms with Crippen LogP contribution in [0.25, 0.3) is 0 Å². The average molecular weight is 373 g/mol. The van der Waals surface area contributed by atoms with E-state index >= 15 is 0 Å². The molecule has 2 amide bonds. The van der Waals surface area contributed by atoms with Gasteiger partial charge in [-0.15, -0.1) is 0 Å². The van der Waals surface area contributed by atoms with Crippen molar-refractivity contribution in [2.24, 2.45) is 0 Å². The van der Waals surface area contributed by atoms with Gasteiger partial charge < -0.3 is 10.2 Å². The van der Waals surface area contributed by atoms with Gasteiger partial charge in [-0.05, 0) is 44.4 Å². The first kappa shape index (κ1) is 20.8. The summed E-state index contributed by atoms with van der Waals surface area (Å²) in [4.78, 5) is 26.5. The van der Waals surface area contributed by atoms with E-state index in [1.165, 1.54) is 0 Å². The largest absolute Gasteiger partial charge is 0.352 e. The molecule has 0 aromatic heterocycles. The predicted molar refractivity (Wildman–Crippen MR) is 99.3 cm³/mol. The van der Waals surface area contributed by atoms with Crippen LogP contribution < -0.4 is 5.32 Å². The van der Waals surface area contributed by atoms with Crippen LogP contribution in [0.2, 0.25) is 10.0 Å². The monoisotopic (exact) mass is 372 g/mol. The highest BCUT2D eigenvalue weighted by Gasteiger charge is 2.26. The van der Waals surface area contributed by atoms with Gasteiger partial charge >= 0.3 is 0 Å². The third kappa shape index (κ3) is 5.99. The lowest BCUT2D eigenvalue weighted by Gasteiger charge is -2.29. The molecule has 0 saturated carbocycles. The molecule has 24 heavy (non-hydrogen) atoms. The van der Waals surface area contributed by atoms with Gasteiger partial charge in [0.1, 0.15) is 6.04 Å². The lowest BCUT2D eigenvalue weighted by Crippen LogP contribution is -2.49. The van der Waals surface area contributed by atoms with Gasteiger partial charge in [-0.25, -0.2) is 0 Å². The Bertz CT molecular complexity index is 578. The molecule has 1 aromatic rings. The number of hydrogen-bond acceptors (Lipinski definition) is 2. The molecule has 0 heterocycles. The van der Waals surface area contributed by atoms with Gasteiger partial charge in [0, 0.05) is 19.0 Å². The van der Waals surface area contributed by atoms with Gasteiger partial charge in [0.05, 0.1) is 10.0 Å². The quantitative estimate of drug-likeness (QED) is 0.733. The maximum absolute atomic E-state index is 12.5. The van der Waals surface area contributed by atoms with Crippen molar-refractivity contribution in [3.63, 3.8) is 0 Å². The Labute approximate surface area is 154 Å². The second kappa shape index (κ2) is 9.90. The molecule has 6 heteroatoms. The number of halogens is 2. The fourth-order valence-electron chi connectivity index (χ4n) is 2.24. The summed E-state index contributed by atoms with van der Waals surface area (Å²) in [6.07, 6.45) is 1.98. The maximum Gasteiger partial charge on any atom is 0.242 e. The molecule has 4 nitrogen and oxygen atoms in total. The van der Waals surface area contributed by atoms with Crippen LogP contribution >= 0.6 is 23.2 Å². The first-order valence-corrected chi connectivity index (χ1v) is 9.09. The second-order valence-electron chi connectivity index (χ2n) is 6.01. The third-order valence-corrected chi connectivity index (χ3v) is 4.71. The van der Waals surface area contributed by atoms with Gasteiger partial charge in [0.15, 0.2) is 0 Å². The van der Waals surface area contributed by atoms with Crippen molar-refractivity contribution in [3.8, 4) is 0 Å². The third-order valence-electron chi connectivity index (χ3n) is 3.97. The van der Waals surface area contributed by atoms with Crippen molar-refractivity contribution < 1.29 is 9.59 Å². The molecular formula is C18H26Cl2N2O2. The molecule has 0 bridgehead atoms. The number of nitrogens with one attached hydrogen (secondary N) is 1. The summed E-state index contributed by atoms with van der Waals surface area (Å²) in [5.41, 5.74) is 0.844. The van der Waals surface area contributed by atoms with Crippen molar-refractivity contribution in [1.29, 1.82) is 0 Å².